The number of anilines is 3. The van der Waals surface area contributed by atoms with Gasteiger partial charge in [0.2, 0.25) is 5.95 Å². The van der Waals surface area contributed by atoms with Gasteiger partial charge in [-0.3, -0.25) is 5.32 Å². The van der Waals surface area contributed by atoms with E-state index in [9.17, 15) is 0 Å². The first-order valence-electron chi connectivity index (χ1n) is 8.78. The van der Waals surface area contributed by atoms with Crippen molar-refractivity contribution in [2.45, 2.75) is 19.3 Å². The molecule has 3 aromatic rings. The van der Waals surface area contributed by atoms with E-state index in [2.05, 4.69) is 36.6 Å². The normalized spacial score (nSPS) is 14.9. The highest BCUT2D eigenvalue weighted by Gasteiger charge is 2.11. The number of thiazole rings is 1. The van der Waals surface area contributed by atoms with E-state index in [-0.39, 0.29) is 0 Å². The van der Waals surface area contributed by atoms with Gasteiger partial charge in [0.05, 0.1) is 5.52 Å². The fourth-order valence-electron chi connectivity index (χ4n) is 3.16. The van der Waals surface area contributed by atoms with Crippen LogP contribution in [0.3, 0.4) is 0 Å². The van der Waals surface area contributed by atoms with Crippen LogP contribution in [-0.4, -0.2) is 46.0 Å². The number of hydrogen-bond acceptors (Lipinski definition) is 7. The molecule has 130 valence electrons. The van der Waals surface area contributed by atoms with Crippen LogP contribution in [-0.2, 0) is 0 Å². The molecule has 1 aliphatic heterocycles. The van der Waals surface area contributed by atoms with Gasteiger partial charge in [0.15, 0.2) is 5.13 Å². The molecule has 6 nitrogen and oxygen atoms in total. The third-order valence-corrected chi connectivity index (χ3v) is 5.09. The smallest absolute Gasteiger partial charge is 0.231 e. The molecule has 0 spiro atoms. The summed E-state index contributed by atoms with van der Waals surface area (Å²) >= 11 is 1.54. The Bertz CT molecular complexity index is 814. The quantitative estimate of drug-likeness (QED) is 0.630. The summed E-state index contributed by atoms with van der Waals surface area (Å²) in [5, 5.41) is 10.5. The molecule has 1 aliphatic rings. The zero-order valence-electron chi connectivity index (χ0n) is 14.1. The van der Waals surface area contributed by atoms with Crippen LogP contribution in [0.25, 0.3) is 10.9 Å². The van der Waals surface area contributed by atoms with Gasteiger partial charge in [-0.2, -0.15) is 4.98 Å². The molecule has 1 fully saturated rings. The van der Waals surface area contributed by atoms with Crippen molar-refractivity contribution in [2.24, 2.45) is 0 Å². The molecular formula is C18H22N6S. The summed E-state index contributed by atoms with van der Waals surface area (Å²) in [5.41, 5.74) is 0.929. The van der Waals surface area contributed by atoms with Crippen LogP contribution in [0.2, 0.25) is 0 Å². The van der Waals surface area contributed by atoms with E-state index in [1.807, 2.05) is 23.6 Å². The van der Waals surface area contributed by atoms with Crippen molar-refractivity contribution < 1.29 is 0 Å². The molecule has 0 aliphatic carbocycles. The Labute approximate surface area is 151 Å². The predicted molar refractivity (Wildman–Crippen MR) is 104 cm³/mol. The number of hydrogen-bond donors (Lipinski definition) is 2. The Morgan fingerprint density at radius 2 is 2.00 bits per heavy atom. The zero-order valence-corrected chi connectivity index (χ0v) is 14.9. The highest BCUT2D eigenvalue weighted by Crippen LogP contribution is 2.24. The monoisotopic (exact) mass is 354 g/mol. The van der Waals surface area contributed by atoms with Crippen molar-refractivity contribution in [3.63, 3.8) is 0 Å². The Morgan fingerprint density at radius 3 is 2.84 bits per heavy atom. The first kappa shape index (κ1) is 16.2. The second-order valence-electron chi connectivity index (χ2n) is 6.20. The van der Waals surface area contributed by atoms with Gasteiger partial charge < -0.3 is 10.2 Å². The Balaban J connectivity index is 1.47. The lowest BCUT2D eigenvalue weighted by Crippen LogP contribution is -2.22. The molecule has 0 unspecified atom stereocenters. The standard InChI is InChI=1S/C18H22N6S/c1-2-7-15-14(6-1)16(19-8-5-12-24-10-3-4-11-24)22-17(21-15)23-18-20-9-13-25-18/h1-2,6-7,9,13H,3-5,8,10-12H2,(H2,19,20,21,22,23). The van der Waals surface area contributed by atoms with Crippen LogP contribution in [0.1, 0.15) is 19.3 Å². The number of nitrogens with one attached hydrogen (secondary N) is 2. The van der Waals surface area contributed by atoms with Gasteiger partial charge in [-0.1, -0.05) is 12.1 Å². The van der Waals surface area contributed by atoms with Crippen molar-refractivity contribution >= 4 is 39.1 Å². The van der Waals surface area contributed by atoms with E-state index in [4.69, 9.17) is 0 Å². The molecule has 0 saturated carbocycles. The molecule has 2 aromatic heterocycles. The molecule has 0 amide bonds. The number of nitrogens with zero attached hydrogens (tertiary/aromatic N) is 4. The SMILES string of the molecule is c1ccc2c(NCCCN3CCCC3)nc(Nc3nccs3)nc2c1. The first-order valence-corrected chi connectivity index (χ1v) is 9.66. The Morgan fingerprint density at radius 1 is 1.12 bits per heavy atom. The van der Waals surface area contributed by atoms with Crippen LogP contribution in [0.4, 0.5) is 16.9 Å². The minimum atomic E-state index is 0.579. The molecule has 25 heavy (non-hydrogen) atoms. The van der Waals surface area contributed by atoms with E-state index < -0.39 is 0 Å². The third kappa shape index (κ3) is 4.05. The maximum absolute atomic E-state index is 4.66. The van der Waals surface area contributed by atoms with Gasteiger partial charge in [0, 0.05) is 23.5 Å². The highest BCUT2D eigenvalue weighted by molar-refractivity contribution is 7.13. The Hall–Kier alpha value is -2.25. The van der Waals surface area contributed by atoms with Gasteiger partial charge in [0.25, 0.3) is 0 Å². The molecule has 4 rings (SSSR count). The van der Waals surface area contributed by atoms with Crippen LogP contribution in [0.5, 0.6) is 0 Å². The zero-order chi connectivity index (χ0) is 16.9. The summed E-state index contributed by atoms with van der Waals surface area (Å²) in [6.07, 6.45) is 5.57. The van der Waals surface area contributed by atoms with Crippen LogP contribution >= 0.6 is 11.3 Å². The lowest BCUT2D eigenvalue weighted by atomic mass is 10.2. The van der Waals surface area contributed by atoms with E-state index >= 15 is 0 Å². The molecule has 0 radical (unpaired) electrons. The lowest BCUT2D eigenvalue weighted by molar-refractivity contribution is 0.337. The molecular weight excluding hydrogens is 332 g/mol. The molecule has 0 bridgehead atoms. The average Bonchev–Trinajstić information content (AvgIpc) is 3.32. The molecule has 2 N–H and O–H groups in total. The highest BCUT2D eigenvalue weighted by atomic mass is 32.1. The molecule has 3 heterocycles. The average molecular weight is 354 g/mol. The van der Waals surface area contributed by atoms with Crippen molar-refractivity contribution in [3.8, 4) is 0 Å². The number of para-hydroxylation sites is 1. The number of likely N-dealkylation sites (tertiary alicyclic amines) is 1. The first-order chi connectivity index (χ1) is 12.4. The van der Waals surface area contributed by atoms with Gasteiger partial charge in [0.1, 0.15) is 5.82 Å². The maximum Gasteiger partial charge on any atom is 0.231 e. The summed E-state index contributed by atoms with van der Waals surface area (Å²) < 4.78 is 0. The van der Waals surface area contributed by atoms with Crippen molar-refractivity contribution in [2.75, 3.05) is 36.8 Å². The van der Waals surface area contributed by atoms with Gasteiger partial charge in [-0.25, -0.2) is 9.97 Å². The van der Waals surface area contributed by atoms with Crippen LogP contribution in [0.15, 0.2) is 35.8 Å². The molecule has 1 saturated heterocycles. The summed E-state index contributed by atoms with van der Waals surface area (Å²) in [6, 6.07) is 8.10. The fourth-order valence-corrected chi connectivity index (χ4v) is 3.69. The number of benzene rings is 1. The predicted octanol–water partition coefficient (Wildman–Crippen LogP) is 3.73. The van der Waals surface area contributed by atoms with Crippen LogP contribution < -0.4 is 10.6 Å². The summed E-state index contributed by atoms with van der Waals surface area (Å²) in [5.74, 6) is 1.46. The number of rotatable bonds is 7. The van der Waals surface area contributed by atoms with Crippen molar-refractivity contribution in [1.82, 2.24) is 19.9 Å². The summed E-state index contributed by atoms with van der Waals surface area (Å²) in [7, 11) is 0. The maximum atomic E-state index is 4.66. The molecule has 1 aromatic carbocycles. The van der Waals surface area contributed by atoms with Crippen molar-refractivity contribution in [3.05, 3.63) is 35.8 Å². The van der Waals surface area contributed by atoms with E-state index in [1.54, 1.807) is 6.20 Å². The van der Waals surface area contributed by atoms with Gasteiger partial charge in [-0.15, -0.1) is 11.3 Å². The molecule has 0 atom stereocenters. The summed E-state index contributed by atoms with van der Waals surface area (Å²) in [6.45, 7) is 4.56. The number of fused-ring (bicyclic) bond motifs is 1. The van der Waals surface area contributed by atoms with E-state index in [1.165, 1.54) is 37.3 Å². The fraction of sp³-hybridized carbons (Fsp3) is 0.389. The second kappa shape index (κ2) is 7.76. The molecule has 7 heteroatoms. The van der Waals surface area contributed by atoms with E-state index in [0.717, 1.165) is 41.4 Å². The minimum absolute atomic E-state index is 0.579. The van der Waals surface area contributed by atoms with Crippen LogP contribution in [0, 0.1) is 0 Å². The van der Waals surface area contributed by atoms with Gasteiger partial charge >= 0.3 is 0 Å². The Kier molecular flexibility index (Phi) is 5.03. The minimum Gasteiger partial charge on any atom is -0.369 e. The lowest BCUT2D eigenvalue weighted by Gasteiger charge is -2.15. The largest absolute Gasteiger partial charge is 0.369 e. The number of aromatic nitrogens is 3. The second-order valence-corrected chi connectivity index (χ2v) is 7.10. The van der Waals surface area contributed by atoms with E-state index in [0.29, 0.717) is 5.95 Å². The van der Waals surface area contributed by atoms with Crippen molar-refractivity contribution in [1.29, 1.82) is 0 Å². The topological polar surface area (TPSA) is 66.0 Å². The van der Waals surface area contributed by atoms with Gasteiger partial charge in [-0.05, 0) is 51.0 Å². The third-order valence-electron chi connectivity index (χ3n) is 4.40. The summed E-state index contributed by atoms with van der Waals surface area (Å²) in [4.78, 5) is 16.0.